The molecule has 0 radical (unpaired) electrons. The van der Waals surface area contributed by atoms with Gasteiger partial charge in [-0.15, -0.1) is 0 Å². The van der Waals surface area contributed by atoms with Crippen LogP contribution in [0.4, 0.5) is 17.2 Å². The van der Waals surface area contributed by atoms with E-state index < -0.39 is 0 Å². The number of benzene rings is 2. The van der Waals surface area contributed by atoms with E-state index in [1.54, 1.807) is 12.1 Å². The Kier molecular flexibility index (Phi) is 3.42. The summed E-state index contributed by atoms with van der Waals surface area (Å²) >= 11 is 0. The fraction of sp³-hybridized carbons (Fsp3) is 0.125. The summed E-state index contributed by atoms with van der Waals surface area (Å²) in [4.78, 5) is 8.45. The molecule has 2 aromatic carbocycles. The van der Waals surface area contributed by atoms with Crippen molar-refractivity contribution in [3.8, 4) is 11.5 Å². The van der Waals surface area contributed by atoms with Gasteiger partial charge < -0.3 is 20.9 Å². The van der Waals surface area contributed by atoms with Gasteiger partial charge >= 0.3 is 0 Å². The number of nitrogens with zero attached hydrogens (tertiary/aromatic N) is 2. The number of anilines is 3. The lowest BCUT2D eigenvalue weighted by Crippen LogP contribution is -1.99. The number of phenols is 1. The van der Waals surface area contributed by atoms with Crippen molar-refractivity contribution in [1.82, 2.24) is 9.97 Å². The van der Waals surface area contributed by atoms with Gasteiger partial charge in [-0.2, -0.15) is 0 Å². The van der Waals surface area contributed by atoms with Crippen molar-refractivity contribution < 1.29 is 9.84 Å². The third-order valence-corrected chi connectivity index (χ3v) is 3.45. The van der Waals surface area contributed by atoms with Crippen molar-refractivity contribution in [1.29, 1.82) is 0 Å². The average Bonchev–Trinajstić information content (AvgIpc) is 2.50. The first-order valence-electron chi connectivity index (χ1n) is 6.73. The summed E-state index contributed by atoms with van der Waals surface area (Å²) < 4.78 is 5.15. The van der Waals surface area contributed by atoms with Crippen molar-refractivity contribution >= 4 is 28.1 Å². The normalized spacial score (nSPS) is 10.6. The van der Waals surface area contributed by atoms with E-state index in [0.29, 0.717) is 22.8 Å². The molecule has 6 nitrogen and oxygen atoms in total. The molecule has 0 atom stereocenters. The van der Waals surface area contributed by atoms with Gasteiger partial charge in [0.1, 0.15) is 12.1 Å². The van der Waals surface area contributed by atoms with Crippen molar-refractivity contribution in [3.63, 3.8) is 0 Å². The molecule has 1 aromatic heterocycles. The number of nitrogen functional groups attached to an aromatic ring is 1. The number of fused-ring (bicyclic) bond motifs is 1. The number of phenolic OH excluding ortho intramolecular Hbond substituents is 1. The molecule has 3 rings (SSSR count). The van der Waals surface area contributed by atoms with E-state index >= 15 is 0 Å². The predicted octanol–water partition coefficient (Wildman–Crippen LogP) is 2.98. The average molecular weight is 296 g/mol. The first-order chi connectivity index (χ1) is 10.6. The van der Waals surface area contributed by atoms with Gasteiger partial charge in [-0.25, -0.2) is 9.97 Å². The maximum atomic E-state index is 9.85. The zero-order valence-electron chi connectivity index (χ0n) is 12.3. The maximum Gasteiger partial charge on any atom is 0.161 e. The lowest BCUT2D eigenvalue weighted by molar-refractivity contribution is 0.374. The molecule has 0 aliphatic rings. The number of aromatic hydroxyl groups is 1. The third kappa shape index (κ3) is 2.46. The molecule has 1 heterocycles. The van der Waals surface area contributed by atoms with Crippen LogP contribution >= 0.6 is 0 Å². The molecule has 22 heavy (non-hydrogen) atoms. The largest absolute Gasteiger partial charge is 0.504 e. The number of hydrogen-bond acceptors (Lipinski definition) is 6. The molecule has 0 aliphatic heterocycles. The van der Waals surface area contributed by atoms with Crippen LogP contribution in [0.3, 0.4) is 0 Å². The number of hydrogen-bond donors (Lipinski definition) is 3. The Balaban J connectivity index is 2.12. The number of nitrogens with two attached hydrogens (primary N) is 1. The second-order valence-electron chi connectivity index (χ2n) is 4.96. The summed E-state index contributed by atoms with van der Waals surface area (Å²) in [5.74, 6) is 1.03. The fourth-order valence-electron chi connectivity index (χ4n) is 2.24. The zero-order chi connectivity index (χ0) is 15.7. The monoisotopic (exact) mass is 296 g/mol. The molecule has 0 spiro atoms. The van der Waals surface area contributed by atoms with E-state index in [1.165, 1.54) is 13.4 Å². The Morgan fingerprint density at radius 3 is 2.77 bits per heavy atom. The Morgan fingerprint density at radius 1 is 1.18 bits per heavy atom. The summed E-state index contributed by atoms with van der Waals surface area (Å²) in [6.45, 7) is 1.98. The summed E-state index contributed by atoms with van der Waals surface area (Å²) in [5.41, 5.74) is 9.04. The van der Waals surface area contributed by atoms with E-state index in [9.17, 15) is 5.11 Å². The smallest absolute Gasteiger partial charge is 0.161 e. The maximum absolute atomic E-state index is 9.85. The lowest BCUT2D eigenvalue weighted by atomic mass is 10.1. The molecule has 0 amide bonds. The quantitative estimate of drug-likeness (QED) is 0.643. The molecule has 0 saturated carbocycles. The highest BCUT2D eigenvalue weighted by atomic mass is 16.5. The van der Waals surface area contributed by atoms with E-state index in [-0.39, 0.29) is 5.75 Å². The molecule has 6 heteroatoms. The Bertz CT molecular complexity index is 849. The number of nitrogens with one attached hydrogen (secondary N) is 1. The number of aromatic nitrogens is 2. The Labute approximate surface area is 127 Å². The minimum atomic E-state index is 0.0415. The SMILES string of the molecule is COc1cc2c(Nc3cc(N)ccc3C)ncnc2cc1O. The topological polar surface area (TPSA) is 93.3 Å². The molecule has 0 bridgehead atoms. The van der Waals surface area contributed by atoms with E-state index in [4.69, 9.17) is 10.5 Å². The van der Waals surface area contributed by atoms with Crippen LogP contribution in [-0.4, -0.2) is 22.2 Å². The minimum Gasteiger partial charge on any atom is -0.504 e. The van der Waals surface area contributed by atoms with Gasteiger partial charge in [-0.1, -0.05) is 6.07 Å². The van der Waals surface area contributed by atoms with Gasteiger partial charge in [-0.05, 0) is 30.7 Å². The number of aryl methyl sites for hydroxylation is 1. The van der Waals surface area contributed by atoms with E-state index in [1.807, 2.05) is 25.1 Å². The summed E-state index contributed by atoms with van der Waals surface area (Å²) in [5, 5.41) is 13.9. The highest BCUT2D eigenvalue weighted by molar-refractivity contribution is 5.93. The number of methoxy groups -OCH3 is 1. The fourth-order valence-corrected chi connectivity index (χ4v) is 2.24. The standard InChI is InChI=1S/C16H16N4O2/c1-9-3-4-10(17)5-12(9)20-16-11-6-15(22-2)14(21)7-13(11)18-8-19-16/h3-8,21H,17H2,1-2H3,(H,18,19,20). The van der Waals surface area contributed by atoms with Crippen LogP contribution in [-0.2, 0) is 0 Å². The number of rotatable bonds is 3. The Morgan fingerprint density at radius 2 is 2.00 bits per heavy atom. The number of ether oxygens (including phenoxy) is 1. The summed E-state index contributed by atoms with van der Waals surface area (Å²) in [6, 6.07) is 8.88. The highest BCUT2D eigenvalue weighted by Gasteiger charge is 2.10. The van der Waals surface area contributed by atoms with Gasteiger partial charge in [0.05, 0.1) is 12.6 Å². The van der Waals surface area contributed by atoms with Gasteiger partial charge in [-0.3, -0.25) is 0 Å². The first-order valence-corrected chi connectivity index (χ1v) is 6.73. The van der Waals surface area contributed by atoms with E-state index in [2.05, 4.69) is 15.3 Å². The van der Waals surface area contributed by atoms with Gasteiger partial charge in [0, 0.05) is 22.8 Å². The molecular weight excluding hydrogens is 280 g/mol. The van der Waals surface area contributed by atoms with Crippen LogP contribution in [0.15, 0.2) is 36.7 Å². The second kappa shape index (κ2) is 5.40. The van der Waals surface area contributed by atoms with Crippen molar-refractivity contribution in [2.24, 2.45) is 0 Å². The molecule has 112 valence electrons. The van der Waals surface area contributed by atoms with Crippen LogP contribution in [0, 0.1) is 6.92 Å². The van der Waals surface area contributed by atoms with Gasteiger partial charge in [0.2, 0.25) is 0 Å². The summed E-state index contributed by atoms with van der Waals surface area (Å²) in [7, 11) is 1.50. The second-order valence-corrected chi connectivity index (χ2v) is 4.96. The van der Waals surface area contributed by atoms with Crippen molar-refractivity contribution in [2.75, 3.05) is 18.2 Å². The highest BCUT2D eigenvalue weighted by Crippen LogP contribution is 2.34. The van der Waals surface area contributed by atoms with Crippen LogP contribution in [0.2, 0.25) is 0 Å². The molecule has 0 aliphatic carbocycles. The molecule has 0 unspecified atom stereocenters. The van der Waals surface area contributed by atoms with E-state index in [0.717, 1.165) is 16.6 Å². The van der Waals surface area contributed by atoms with Crippen LogP contribution in [0.25, 0.3) is 10.9 Å². The lowest BCUT2D eigenvalue weighted by Gasteiger charge is -2.12. The summed E-state index contributed by atoms with van der Waals surface area (Å²) in [6.07, 6.45) is 1.44. The molecule has 0 fully saturated rings. The minimum absolute atomic E-state index is 0.0415. The van der Waals surface area contributed by atoms with Crippen LogP contribution < -0.4 is 15.8 Å². The van der Waals surface area contributed by atoms with Gasteiger partial charge in [0.15, 0.2) is 11.5 Å². The third-order valence-electron chi connectivity index (χ3n) is 3.45. The van der Waals surface area contributed by atoms with Crippen molar-refractivity contribution in [2.45, 2.75) is 6.92 Å². The molecule has 0 saturated heterocycles. The van der Waals surface area contributed by atoms with Gasteiger partial charge in [0.25, 0.3) is 0 Å². The van der Waals surface area contributed by atoms with Crippen LogP contribution in [0.1, 0.15) is 5.56 Å². The zero-order valence-corrected chi connectivity index (χ0v) is 12.3. The molecule has 3 aromatic rings. The Hall–Kier alpha value is -3.02. The first kappa shape index (κ1) is 13.9. The predicted molar refractivity (Wildman–Crippen MR) is 86.6 cm³/mol. The molecular formula is C16H16N4O2. The van der Waals surface area contributed by atoms with Crippen LogP contribution in [0.5, 0.6) is 11.5 Å². The van der Waals surface area contributed by atoms with Crippen molar-refractivity contribution in [3.05, 3.63) is 42.2 Å². The molecule has 4 N–H and O–H groups in total.